The number of fused-ring (bicyclic) bond motifs is 1. The number of hydrogen-bond donors (Lipinski definition) is 2. The first kappa shape index (κ1) is 25.2. The van der Waals surface area contributed by atoms with E-state index < -0.39 is 22.0 Å². The Balaban J connectivity index is 1.62. The maximum atomic E-state index is 14.1. The van der Waals surface area contributed by atoms with E-state index in [4.69, 9.17) is 4.74 Å². The minimum absolute atomic E-state index is 0.158. The number of hydrogen-bond acceptors (Lipinski definition) is 6. The maximum Gasteiger partial charge on any atom is 0.265 e. The second kappa shape index (κ2) is 10.3. The van der Waals surface area contributed by atoms with Crippen LogP contribution in [0.2, 0.25) is 0 Å². The van der Waals surface area contributed by atoms with E-state index in [2.05, 4.69) is 15.5 Å². The van der Waals surface area contributed by atoms with Gasteiger partial charge in [0.1, 0.15) is 6.04 Å². The van der Waals surface area contributed by atoms with Gasteiger partial charge in [-0.3, -0.25) is 18.8 Å². The van der Waals surface area contributed by atoms with Crippen molar-refractivity contribution >= 4 is 33.2 Å². The smallest absolute Gasteiger partial charge is 0.265 e. The highest BCUT2D eigenvalue weighted by atomic mass is 32.2. The first-order valence-corrected chi connectivity index (χ1v) is 13.2. The third-order valence-corrected chi connectivity index (χ3v) is 8.47. The molecule has 0 aliphatic carbocycles. The Morgan fingerprint density at radius 1 is 1.11 bits per heavy atom. The normalized spacial score (nSPS) is 18.7. The zero-order valence-electron chi connectivity index (χ0n) is 20.3. The number of sulfonamides is 1. The number of amides is 2. The Labute approximate surface area is 206 Å². The van der Waals surface area contributed by atoms with Crippen LogP contribution in [0.5, 0.6) is 0 Å². The van der Waals surface area contributed by atoms with E-state index in [1.165, 1.54) is 0 Å². The Morgan fingerprint density at radius 3 is 2.46 bits per heavy atom. The summed E-state index contributed by atoms with van der Waals surface area (Å²) in [5.41, 5.74) is 2.89. The molecule has 0 aromatic heterocycles. The van der Waals surface area contributed by atoms with E-state index in [1.54, 1.807) is 38.1 Å². The molecule has 2 N–H and O–H groups in total. The molecule has 1 unspecified atom stereocenters. The monoisotopic (exact) mass is 500 g/mol. The number of benzene rings is 2. The number of para-hydroxylation sites is 2. The number of aryl methyl sites for hydroxylation is 3. The fraction of sp³-hybridized carbons (Fsp3) is 0.440. The second-order valence-corrected chi connectivity index (χ2v) is 10.8. The van der Waals surface area contributed by atoms with Crippen LogP contribution in [0.15, 0.2) is 41.3 Å². The van der Waals surface area contributed by atoms with Crippen molar-refractivity contribution in [3.05, 3.63) is 53.1 Å². The second-order valence-electron chi connectivity index (χ2n) is 9.06. The van der Waals surface area contributed by atoms with Crippen molar-refractivity contribution in [1.82, 2.24) is 10.2 Å². The van der Waals surface area contributed by atoms with E-state index in [-0.39, 0.29) is 17.2 Å². The fourth-order valence-electron chi connectivity index (χ4n) is 4.83. The van der Waals surface area contributed by atoms with Gasteiger partial charge in [-0.2, -0.15) is 0 Å². The molecule has 0 bridgehead atoms. The van der Waals surface area contributed by atoms with E-state index in [0.717, 1.165) is 23.0 Å². The van der Waals surface area contributed by atoms with Crippen molar-refractivity contribution in [1.29, 1.82) is 0 Å². The summed E-state index contributed by atoms with van der Waals surface area (Å²) in [5.74, 6) is -0.909. The predicted octanol–water partition coefficient (Wildman–Crippen LogP) is 1.97. The van der Waals surface area contributed by atoms with Gasteiger partial charge in [0, 0.05) is 26.2 Å². The number of rotatable bonds is 7. The maximum absolute atomic E-state index is 14.1. The lowest BCUT2D eigenvalue weighted by atomic mass is 10.1. The third-order valence-electron chi connectivity index (χ3n) is 6.34. The first-order chi connectivity index (χ1) is 16.7. The molecule has 2 amide bonds. The van der Waals surface area contributed by atoms with Gasteiger partial charge < -0.3 is 15.4 Å². The van der Waals surface area contributed by atoms with E-state index in [9.17, 15) is 18.0 Å². The van der Waals surface area contributed by atoms with Crippen LogP contribution in [-0.2, 0) is 24.3 Å². The van der Waals surface area contributed by atoms with Crippen molar-refractivity contribution in [2.24, 2.45) is 0 Å². The van der Waals surface area contributed by atoms with Crippen LogP contribution in [0.25, 0.3) is 0 Å². The van der Waals surface area contributed by atoms with Gasteiger partial charge in [-0.05, 0) is 44.0 Å². The molecule has 10 heteroatoms. The molecule has 1 saturated heterocycles. The van der Waals surface area contributed by atoms with Crippen molar-refractivity contribution in [3.8, 4) is 0 Å². The van der Waals surface area contributed by atoms with Gasteiger partial charge in [-0.15, -0.1) is 0 Å². The molecule has 1 fully saturated rings. The Kier molecular flexibility index (Phi) is 7.44. The molecule has 2 heterocycles. The quantitative estimate of drug-likeness (QED) is 0.602. The molecule has 0 spiro atoms. The van der Waals surface area contributed by atoms with Crippen molar-refractivity contribution in [2.75, 3.05) is 49.0 Å². The van der Waals surface area contributed by atoms with Gasteiger partial charge in [0.2, 0.25) is 11.8 Å². The number of nitrogens with one attached hydrogen (secondary N) is 2. The van der Waals surface area contributed by atoms with Crippen molar-refractivity contribution < 1.29 is 22.7 Å². The van der Waals surface area contributed by atoms with Gasteiger partial charge in [0.25, 0.3) is 10.0 Å². The van der Waals surface area contributed by atoms with E-state index in [1.807, 2.05) is 19.1 Å². The zero-order valence-corrected chi connectivity index (χ0v) is 21.2. The Morgan fingerprint density at radius 2 is 1.77 bits per heavy atom. The molecule has 4 rings (SSSR count). The molecule has 2 aliphatic heterocycles. The van der Waals surface area contributed by atoms with Gasteiger partial charge in [-0.25, -0.2) is 8.42 Å². The van der Waals surface area contributed by atoms with E-state index in [0.29, 0.717) is 48.8 Å². The number of morpholine rings is 1. The fourth-order valence-corrected chi connectivity index (χ4v) is 6.88. The van der Waals surface area contributed by atoms with Gasteiger partial charge >= 0.3 is 0 Å². The number of carbonyl (C=O) groups is 2. The number of anilines is 2. The summed E-state index contributed by atoms with van der Waals surface area (Å²) >= 11 is 0. The lowest BCUT2D eigenvalue weighted by Gasteiger charge is -2.37. The summed E-state index contributed by atoms with van der Waals surface area (Å²) in [5, 5.41) is 5.61. The minimum atomic E-state index is -4.15. The lowest BCUT2D eigenvalue weighted by molar-refractivity contribution is -0.125. The number of carbonyl (C=O) groups excluding carboxylic acids is 2. The largest absolute Gasteiger partial charge is 0.379 e. The topological polar surface area (TPSA) is 108 Å². The molecular formula is C25H32N4O5S. The summed E-state index contributed by atoms with van der Waals surface area (Å²) in [6.07, 6.45) is -0.285. The van der Waals surface area contributed by atoms with Crippen LogP contribution in [0, 0.1) is 20.8 Å². The predicted molar refractivity (Wildman–Crippen MR) is 134 cm³/mol. The van der Waals surface area contributed by atoms with Crippen molar-refractivity contribution in [2.45, 2.75) is 38.1 Å². The summed E-state index contributed by atoms with van der Waals surface area (Å²) in [7, 11) is -4.15. The molecule has 35 heavy (non-hydrogen) atoms. The molecule has 2 aromatic carbocycles. The highest BCUT2D eigenvalue weighted by Crippen LogP contribution is 2.38. The van der Waals surface area contributed by atoms with Gasteiger partial charge in [0.05, 0.1) is 35.9 Å². The van der Waals surface area contributed by atoms with Crippen LogP contribution in [0.3, 0.4) is 0 Å². The standard InChI is InChI=1S/C25H32N4O5S/c1-17-14-18(2)24(19(3)15-17)35(32,33)29-21-7-5-4-6-20(21)27-25(31)22(29)16-23(30)26-8-9-28-10-12-34-13-11-28/h4-7,14-15,22H,8-13,16H2,1-3H3,(H,26,30)(H,27,31). The van der Waals surface area contributed by atoms with Crippen LogP contribution >= 0.6 is 0 Å². The summed E-state index contributed by atoms with van der Waals surface area (Å²) in [4.78, 5) is 28.3. The summed E-state index contributed by atoms with van der Waals surface area (Å²) in [6, 6.07) is 9.15. The van der Waals surface area contributed by atoms with Gasteiger partial charge in [0.15, 0.2) is 0 Å². The van der Waals surface area contributed by atoms with Crippen molar-refractivity contribution in [3.63, 3.8) is 0 Å². The van der Waals surface area contributed by atoms with Gasteiger partial charge in [-0.1, -0.05) is 29.8 Å². The van der Waals surface area contributed by atoms with Crippen LogP contribution in [0.4, 0.5) is 11.4 Å². The first-order valence-electron chi connectivity index (χ1n) is 11.8. The summed E-state index contributed by atoms with van der Waals surface area (Å²) < 4.78 is 34.6. The lowest BCUT2D eigenvalue weighted by Crippen LogP contribution is -2.53. The highest BCUT2D eigenvalue weighted by Gasteiger charge is 2.42. The SMILES string of the molecule is Cc1cc(C)c(S(=O)(=O)N2c3ccccc3NC(=O)C2CC(=O)NCCN2CCOCC2)c(C)c1. The summed E-state index contributed by atoms with van der Waals surface area (Å²) in [6.45, 7) is 9.42. The molecule has 2 aromatic rings. The Bertz CT molecular complexity index is 1200. The minimum Gasteiger partial charge on any atom is -0.379 e. The highest BCUT2D eigenvalue weighted by molar-refractivity contribution is 7.93. The number of nitrogens with zero attached hydrogens (tertiary/aromatic N) is 2. The van der Waals surface area contributed by atoms with Crippen LogP contribution in [-0.4, -0.2) is 70.6 Å². The molecule has 0 saturated carbocycles. The average molecular weight is 501 g/mol. The molecule has 0 radical (unpaired) electrons. The molecule has 2 aliphatic rings. The molecule has 9 nitrogen and oxygen atoms in total. The molecule has 1 atom stereocenters. The molecular weight excluding hydrogens is 468 g/mol. The van der Waals surface area contributed by atoms with Crippen LogP contribution in [0.1, 0.15) is 23.1 Å². The third kappa shape index (κ3) is 5.34. The Hall–Kier alpha value is -2.95. The average Bonchev–Trinajstić information content (AvgIpc) is 2.79. The van der Waals surface area contributed by atoms with Crippen LogP contribution < -0.4 is 14.9 Å². The number of ether oxygens (including phenoxy) is 1. The van der Waals surface area contributed by atoms with E-state index >= 15 is 0 Å². The zero-order chi connectivity index (χ0) is 25.2. The molecule has 188 valence electrons.